The highest BCUT2D eigenvalue weighted by Crippen LogP contribution is 2.32. The van der Waals surface area contributed by atoms with Gasteiger partial charge < -0.3 is 5.11 Å². The molecule has 0 unspecified atom stereocenters. The zero-order chi connectivity index (χ0) is 10.9. The predicted octanol–water partition coefficient (Wildman–Crippen LogP) is 2.39. The van der Waals surface area contributed by atoms with Crippen LogP contribution in [0.4, 0.5) is 17.6 Å². The van der Waals surface area contributed by atoms with Gasteiger partial charge in [-0.25, -0.2) is 9.37 Å². The van der Waals surface area contributed by atoms with Crippen LogP contribution in [0.15, 0.2) is 6.07 Å². The summed E-state index contributed by atoms with van der Waals surface area (Å²) >= 11 is 5.22. The van der Waals surface area contributed by atoms with Crippen molar-refractivity contribution in [3.63, 3.8) is 0 Å². The molecule has 0 aliphatic carbocycles. The number of aliphatic hydroxyl groups excluding tert-OH is 1. The van der Waals surface area contributed by atoms with E-state index in [0.29, 0.717) is 0 Å². The highest BCUT2D eigenvalue weighted by atomic mass is 35.5. The summed E-state index contributed by atoms with van der Waals surface area (Å²) in [5.41, 5.74) is -2.24. The summed E-state index contributed by atoms with van der Waals surface area (Å²) in [4.78, 5) is 2.81. The van der Waals surface area contributed by atoms with Gasteiger partial charge in [0.15, 0.2) is 11.5 Å². The van der Waals surface area contributed by atoms with Gasteiger partial charge in [-0.15, -0.1) is 0 Å². The molecular formula is C7H4ClF4NO. The lowest BCUT2D eigenvalue weighted by molar-refractivity contribution is -0.143. The monoisotopic (exact) mass is 229 g/mol. The van der Waals surface area contributed by atoms with E-state index in [1.165, 1.54) is 0 Å². The number of aromatic nitrogens is 1. The highest BCUT2D eigenvalue weighted by molar-refractivity contribution is 6.29. The zero-order valence-corrected chi connectivity index (χ0v) is 7.32. The molecule has 0 spiro atoms. The molecule has 1 heterocycles. The van der Waals surface area contributed by atoms with Gasteiger partial charge in [0.25, 0.3) is 0 Å². The Balaban J connectivity index is 3.37. The molecule has 0 radical (unpaired) electrons. The molecule has 0 bridgehead atoms. The van der Waals surface area contributed by atoms with E-state index in [9.17, 15) is 17.6 Å². The molecule has 78 valence electrons. The van der Waals surface area contributed by atoms with Gasteiger partial charge in [0.05, 0.1) is 6.61 Å². The Morgan fingerprint density at radius 3 is 2.43 bits per heavy atom. The van der Waals surface area contributed by atoms with E-state index in [1.807, 2.05) is 0 Å². The fraction of sp³-hybridized carbons (Fsp3) is 0.286. The smallest absolute Gasteiger partial charge is 0.392 e. The van der Waals surface area contributed by atoms with Crippen molar-refractivity contribution in [2.24, 2.45) is 0 Å². The van der Waals surface area contributed by atoms with Crippen molar-refractivity contribution in [1.82, 2.24) is 4.98 Å². The van der Waals surface area contributed by atoms with Gasteiger partial charge in [-0.3, -0.25) is 0 Å². The fourth-order valence-electron chi connectivity index (χ4n) is 0.850. The lowest BCUT2D eigenvalue weighted by atomic mass is 10.2. The van der Waals surface area contributed by atoms with E-state index in [2.05, 4.69) is 4.98 Å². The van der Waals surface area contributed by atoms with Crippen LogP contribution in [0.5, 0.6) is 0 Å². The Hall–Kier alpha value is -0.880. The number of pyridine rings is 1. The molecule has 0 saturated heterocycles. The van der Waals surface area contributed by atoms with Gasteiger partial charge in [-0.05, 0) is 6.07 Å². The van der Waals surface area contributed by atoms with Crippen molar-refractivity contribution < 1.29 is 22.7 Å². The van der Waals surface area contributed by atoms with Gasteiger partial charge in [-0.2, -0.15) is 13.2 Å². The summed E-state index contributed by atoms with van der Waals surface area (Å²) in [6.07, 6.45) is -4.92. The number of halogens is 5. The number of nitrogens with zero attached hydrogens (tertiary/aromatic N) is 1. The molecule has 1 aromatic rings. The lowest BCUT2D eigenvalue weighted by Gasteiger charge is -2.09. The predicted molar refractivity (Wildman–Crippen MR) is 40.1 cm³/mol. The van der Waals surface area contributed by atoms with Crippen LogP contribution in [-0.2, 0) is 12.8 Å². The van der Waals surface area contributed by atoms with Crippen molar-refractivity contribution in [2.75, 3.05) is 0 Å². The average molecular weight is 230 g/mol. The maximum Gasteiger partial charge on any atom is 0.436 e. The van der Waals surface area contributed by atoms with Crippen LogP contribution in [0, 0.1) is 5.82 Å². The third-order valence-electron chi connectivity index (χ3n) is 1.44. The van der Waals surface area contributed by atoms with Gasteiger partial charge in [0.2, 0.25) is 0 Å². The minimum absolute atomic E-state index is 0.511. The molecule has 7 heteroatoms. The molecule has 1 rings (SSSR count). The van der Waals surface area contributed by atoms with Gasteiger partial charge in [0, 0.05) is 5.56 Å². The Kier molecular flexibility index (Phi) is 2.96. The SMILES string of the molecule is OCc1cc(Cl)nc(C(F)(F)F)c1F. The maximum atomic E-state index is 12.9. The first-order chi connectivity index (χ1) is 6.36. The van der Waals surface area contributed by atoms with E-state index in [1.54, 1.807) is 0 Å². The fourth-order valence-corrected chi connectivity index (χ4v) is 1.07. The summed E-state index contributed by atoms with van der Waals surface area (Å²) in [5, 5.41) is 8.03. The summed E-state index contributed by atoms with van der Waals surface area (Å²) < 4.78 is 49.3. The van der Waals surface area contributed by atoms with E-state index in [-0.39, 0.29) is 0 Å². The first-order valence-corrected chi connectivity index (χ1v) is 3.77. The van der Waals surface area contributed by atoms with Crippen molar-refractivity contribution in [3.05, 3.63) is 28.3 Å². The first-order valence-electron chi connectivity index (χ1n) is 3.39. The minimum atomic E-state index is -4.92. The Bertz CT molecular complexity index is 352. The van der Waals surface area contributed by atoms with Crippen molar-refractivity contribution >= 4 is 11.6 Å². The molecule has 0 fully saturated rings. The molecule has 2 nitrogen and oxygen atoms in total. The van der Waals surface area contributed by atoms with Crippen LogP contribution in [0.25, 0.3) is 0 Å². The summed E-state index contributed by atoms with van der Waals surface area (Å²) in [7, 11) is 0. The molecule has 0 aromatic carbocycles. The lowest BCUT2D eigenvalue weighted by Crippen LogP contribution is -2.13. The number of hydrogen-bond donors (Lipinski definition) is 1. The van der Waals surface area contributed by atoms with Crippen LogP contribution >= 0.6 is 11.6 Å². The number of aliphatic hydroxyl groups is 1. The largest absolute Gasteiger partial charge is 0.436 e. The molecule has 1 aromatic heterocycles. The molecular weight excluding hydrogens is 226 g/mol. The molecule has 0 saturated carbocycles. The quantitative estimate of drug-likeness (QED) is 0.592. The van der Waals surface area contributed by atoms with E-state index in [4.69, 9.17) is 16.7 Å². The van der Waals surface area contributed by atoms with E-state index in [0.717, 1.165) is 6.07 Å². The summed E-state index contributed by atoms with van der Waals surface area (Å²) in [6.45, 7) is -0.864. The topological polar surface area (TPSA) is 33.1 Å². The maximum absolute atomic E-state index is 12.9. The minimum Gasteiger partial charge on any atom is -0.392 e. The first kappa shape index (κ1) is 11.2. The Morgan fingerprint density at radius 1 is 1.43 bits per heavy atom. The molecule has 0 amide bonds. The Morgan fingerprint density at radius 2 is 2.00 bits per heavy atom. The van der Waals surface area contributed by atoms with Crippen LogP contribution in [0.2, 0.25) is 5.15 Å². The summed E-state index contributed by atoms with van der Waals surface area (Å²) in [5.74, 6) is -1.59. The third kappa shape index (κ3) is 2.13. The van der Waals surface area contributed by atoms with Crippen LogP contribution < -0.4 is 0 Å². The van der Waals surface area contributed by atoms with Gasteiger partial charge >= 0.3 is 6.18 Å². The second-order valence-corrected chi connectivity index (χ2v) is 2.81. The van der Waals surface area contributed by atoms with Crippen molar-refractivity contribution in [1.29, 1.82) is 0 Å². The van der Waals surface area contributed by atoms with E-state index >= 15 is 0 Å². The van der Waals surface area contributed by atoms with Crippen molar-refractivity contribution in [3.8, 4) is 0 Å². The van der Waals surface area contributed by atoms with Crippen LogP contribution in [0.3, 0.4) is 0 Å². The second kappa shape index (κ2) is 3.70. The van der Waals surface area contributed by atoms with Crippen LogP contribution in [0.1, 0.15) is 11.3 Å². The standard InChI is InChI=1S/C7H4ClF4NO/c8-4-1-3(2-14)5(9)6(13-4)7(10,11)12/h1,14H,2H2. The average Bonchev–Trinajstić information content (AvgIpc) is 2.06. The third-order valence-corrected chi connectivity index (χ3v) is 1.63. The number of alkyl halides is 3. The number of hydrogen-bond acceptors (Lipinski definition) is 2. The number of rotatable bonds is 1. The molecule has 0 aliphatic rings. The highest BCUT2D eigenvalue weighted by Gasteiger charge is 2.37. The van der Waals surface area contributed by atoms with Crippen LogP contribution in [-0.4, -0.2) is 10.1 Å². The normalized spacial score (nSPS) is 11.9. The second-order valence-electron chi connectivity index (χ2n) is 2.42. The van der Waals surface area contributed by atoms with E-state index < -0.39 is 35.0 Å². The Labute approximate surface area is 81.1 Å². The van der Waals surface area contributed by atoms with Crippen molar-refractivity contribution in [2.45, 2.75) is 12.8 Å². The summed E-state index contributed by atoms with van der Waals surface area (Å²) in [6, 6.07) is 0.839. The molecule has 1 N–H and O–H groups in total. The molecule has 0 atom stereocenters. The zero-order valence-electron chi connectivity index (χ0n) is 6.57. The molecule has 14 heavy (non-hydrogen) atoms. The van der Waals surface area contributed by atoms with Gasteiger partial charge in [0.1, 0.15) is 5.15 Å². The van der Waals surface area contributed by atoms with Gasteiger partial charge in [-0.1, -0.05) is 11.6 Å². The molecule has 0 aliphatic heterocycles.